The van der Waals surface area contributed by atoms with Crippen LogP contribution in [0.25, 0.3) is 0 Å². The molecule has 1 atom stereocenters. The molecule has 5 heteroatoms. The van der Waals surface area contributed by atoms with Crippen LogP contribution in [0, 0.1) is 18.3 Å². The second-order valence-electron chi connectivity index (χ2n) is 8.55. The Kier molecular flexibility index (Phi) is 4.80. The van der Waals surface area contributed by atoms with Gasteiger partial charge in [0.05, 0.1) is 11.7 Å². The van der Waals surface area contributed by atoms with E-state index < -0.39 is 0 Å². The summed E-state index contributed by atoms with van der Waals surface area (Å²) in [6.07, 6.45) is 10.8. The zero-order chi connectivity index (χ0) is 18.1. The lowest BCUT2D eigenvalue weighted by Gasteiger charge is -2.41. The lowest BCUT2D eigenvalue weighted by atomic mass is 9.77. The number of carbonyl (C=O) groups is 2. The molecule has 3 fully saturated rings. The van der Waals surface area contributed by atoms with Crippen molar-refractivity contribution in [2.75, 3.05) is 26.2 Å². The molecule has 142 valence electrons. The molecule has 0 N–H and O–H groups in total. The molecule has 1 saturated carbocycles. The number of nitrogens with zero attached hydrogens (tertiary/aromatic N) is 2. The molecule has 0 unspecified atom stereocenters. The highest BCUT2D eigenvalue weighted by Gasteiger charge is 2.50. The Morgan fingerprint density at radius 2 is 2.00 bits per heavy atom. The molecule has 2 amide bonds. The zero-order valence-corrected chi connectivity index (χ0v) is 15.8. The fourth-order valence-electron chi connectivity index (χ4n) is 5.17. The molecule has 0 aromatic carbocycles. The Hall–Kier alpha value is -1.78. The SMILES string of the molecule is Cc1ccoc1C(=O)N1CC[C@]2(CCCN(CC3CCCCC3)C2=O)C1. The maximum atomic E-state index is 13.3. The Morgan fingerprint density at radius 1 is 1.19 bits per heavy atom. The van der Waals surface area contributed by atoms with Crippen LogP contribution in [0.5, 0.6) is 0 Å². The second-order valence-corrected chi connectivity index (χ2v) is 8.55. The van der Waals surface area contributed by atoms with Gasteiger partial charge in [0.1, 0.15) is 0 Å². The van der Waals surface area contributed by atoms with Crippen LogP contribution in [0.3, 0.4) is 0 Å². The maximum Gasteiger partial charge on any atom is 0.289 e. The van der Waals surface area contributed by atoms with Crippen molar-refractivity contribution in [3.63, 3.8) is 0 Å². The molecular formula is C21H30N2O3. The van der Waals surface area contributed by atoms with E-state index >= 15 is 0 Å². The number of hydrogen-bond acceptors (Lipinski definition) is 3. The topological polar surface area (TPSA) is 53.8 Å². The summed E-state index contributed by atoms with van der Waals surface area (Å²) in [4.78, 5) is 30.0. The molecular weight excluding hydrogens is 328 g/mol. The van der Waals surface area contributed by atoms with Crippen LogP contribution in [0.4, 0.5) is 0 Å². The van der Waals surface area contributed by atoms with Crippen LogP contribution >= 0.6 is 0 Å². The summed E-state index contributed by atoms with van der Waals surface area (Å²) < 4.78 is 5.38. The first-order valence-electron chi connectivity index (χ1n) is 10.2. The third-order valence-electron chi connectivity index (χ3n) is 6.72. The lowest BCUT2D eigenvalue weighted by Crippen LogP contribution is -2.51. The van der Waals surface area contributed by atoms with E-state index in [1.54, 1.807) is 6.26 Å². The highest BCUT2D eigenvalue weighted by molar-refractivity contribution is 5.94. The van der Waals surface area contributed by atoms with Crippen molar-refractivity contribution in [2.45, 2.75) is 58.3 Å². The van der Waals surface area contributed by atoms with Gasteiger partial charge in [-0.1, -0.05) is 19.3 Å². The Morgan fingerprint density at radius 3 is 2.73 bits per heavy atom. The van der Waals surface area contributed by atoms with Gasteiger partial charge in [0, 0.05) is 31.7 Å². The zero-order valence-electron chi connectivity index (χ0n) is 15.8. The van der Waals surface area contributed by atoms with Crippen LogP contribution in [-0.2, 0) is 4.79 Å². The third-order valence-corrected chi connectivity index (χ3v) is 6.72. The Balaban J connectivity index is 1.43. The van der Waals surface area contributed by atoms with Crippen molar-refractivity contribution in [3.05, 3.63) is 23.7 Å². The van der Waals surface area contributed by atoms with Gasteiger partial charge < -0.3 is 14.2 Å². The van der Waals surface area contributed by atoms with Gasteiger partial charge in [0.2, 0.25) is 5.91 Å². The highest BCUT2D eigenvalue weighted by Crippen LogP contribution is 2.41. The number of likely N-dealkylation sites (tertiary alicyclic amines) is 2. The first-order valence-corrected chi connectivity index (χ1v) is 10.2. The van der Waals surface area contributed by atoms with E-state index in [-0.39, 0.29) is 11.3 Å². The average molecular weight is 358 g/mol. The average Bonchev–Trinajstić information content (AvgIpc) is 3.27. The van der Waals surface area contributed by atoms with Crippen molar-refractivity contribution in [1.29, 1.82) is 0 Å². The van der Waals surface area contributed by atoms with Crippen LogP contribution in [0.1, 0.15) is 67.5 Å². The molecule has 2 aliphatic heterocycles. The summed E-state index contributed by atoms with van der Waals surface area (Å²) in [5.74, 6) is 1.32. The van der Waals surface area contributed by atoms with Crippen LogP contribution in [0.15, 0.2) is 16.7 Å². The first kappa shape index (κ1) is 17.6. The van der Waals surface area contributed by atoms with Gasteiger partial charge in [0.15, 0.2) is 5.76 Å². The number of aryl methyl sites for hydroxylation is 1. The molecule has 1 aliphatic carbocycles. The van der Waals surface area contributed by atoms with E-state index in [4.69, 9.17) is 4.42 Å². The molecule has 5 nitrogen and oxygen atoms in total. The molecule has 26 heavy (non-hydrogen) atoms. The molecule has 0 bridgehead atoms. The Bertz CT molecular complexity index is 677. The predicted molar refractivity (Wildman–Crippen MR) is 98.8 cm³/mol. The minimum atomic E-state index is -0.358. The van der Waals surface area contributed by atoms with Crippen LogP contribution in [-0.4, -0.2) is 47.8 Å². The number of furan rings is 1. The predicted octanol–water partition coefficient (Wildman–Crippen LogP) is 3.62. The minimum absolute atomic E-state index is 0.0680. The van der Waals surface area contributed by atoms with Gasteiger partial charge in [-0.25, -0.2) is 0 Å². The fourth-order valence-corrected chi connectivity index (χ4v) is 5.17. The van der Waals surface area contributed by atoms with E-state index in [0.29, 0.717) is 30.7 Å². The second kappa shape index (κ2) is 7.09. The quantitative estimate of drug-likeness (QED) is 0.829. The van der Waals surface area contributed by atoms with Crippen molar-refractivity contribution in [3.8, 4) is 0 Å². The molecule has 0 radical (unpaired) electrons. The summed E-state index contributed by atoms with van der Waals surface area (Å²) >= 11 is 0. The van der Waals surface area contributed by atoms with E-state index in [0.717, 1.165) is 37.9 Å². The van der Waals surface area contributed by atoms with E-state index in [1.165, 1.54) is 32.1 Å². The molecule has 1 spiro atoms. The van der Waals surface area contributed by atoms with Gasteiger partial charge in [-0.05, 0) is 51.0 Å². The lowest BCUT2D eigenvalue weighted by molar-refractivity contribution is -0.146. The number of amides is 2. The Labute approximate surface area is 155 Å². The minimum Gasteiger partial charge on any atom is -0.459 e. The van der Waals surface area contributed by atoms with E-state index in [9.17, 15) is 9.59 Å². The van der Waals surface area contributed by atoms with Crippen LogP contribution < -0.4 is 0 Å². The molecule has 3 aliphatic rings. The summed E-state index contributed by atoms with van der Waals surface area (Å²) in [6, 6.07) is 1.82. The molecule has 4 rings (SSSR count). The maximum absolute atomic E-state index is 13.3. The molecule has 2 saturated heterocycles. The highest BCUT2D eigenvalue weighted by atomic mass is 16.3. The van der Waals surface area contributed by atoms with E-state index in [1.807, 2.05) is 17.9 Å². The fraction of sp³-hybridized carbons (Fsp3) is 0.714. The molecule has 1 aromatic rings. The first-order chi connectivity index (χ1) is 12.6. The normalized spacial score (nSPS) is 27.5. The number of carbonyl (C=O) groups excluding carboxylic acids is 2. The summed E-state index contributed by atoms with van der Waals surface area (Å²) in [7, 11) is 0. The van der Waals surface area contributed by atoms with Crippen molar-refractivity contribution in [1.82, 2.24) is 9.80 Å². The molecule has 1 aromatic heterocycles. The van der Waals surface area contributed by atoms with E-state index in [2.05, 4.69) is 4.90 Å². The van der Waals surface area contributed by atoms with Gasteiger partial charge in [-0.15, -0.1) is 0 Å². The summed E-state index contributed by atoms with van der Waals surface area (Å²) in [5, 5.41) is 0. The smallest absolute Gasteiger partial charge is 0.289 e. The largest absolute Gasteiger partial charge is 0.459 e. The van der Waals surface area contributed by atoms with Crippen molar-refractivity contribution in [2.24, 2.45) is 11.3 Å². The van der Waals surface area contributed by atoms with Crippen molar-refractivity contribution >= 4 is 11.8 Å². The van der Waals surface area contributed by atoms with Gasteiger partial charge in [-0.2, -0.15) is 0 Å². The summed E-state index contributed by atoms with van der Waals surface area (Å²) in [6.45, 7) is 4.91. The van der Waals surface area contributed by atoms with Gasteiger partial charge in [0.25, 0.3) is 5.91 Å². The monoisotopic (exact) mass is 358 g/mol. The van der Waals surface area contributed by atoms with Gasteiger partial charge >= 0.3 is 0 Å². The number of rotatable bonds is 3. The number of piperidine rings is 1. The van der Waals surface area contributed by atoms with Crippen molar-refractivity contribution < 1.29 is 14.0 Å². The standard InChI is InChI=1S/C21H30N2O3/c1-16-8-13-26-18(16)19(24)23-12-10-21(15-23)9-5-11-22(20(21)25)14-17-6-3-2-4-7-17/h8,13,17H,2-7,9-12,14-15H2,1H3/t21-/m1/s1. The van der Waals surface area contributed by atoms with Crippen LogP contribution in [0.2, 0.25) is 0 Å². The number of hydrogen-bond donors (Lipinski definition) is 0. The van der Waals surface area contributed by atoms with Gasteiger partial charge in [-0.3, -0.25) is 9.59 Å². The third kappa shape index (κ3) is 3.17. The summed E-state index contributed by atoms with van der Waals surface area (Å²) in [5.41, 5.74) is 0.508. The molecule has 3 heterocycles.